The standard InChI is InChI=1S/C7H9ClF3N3/c1-2-3-4-14-6(8)5(12-13-14)7(9,10)11/h2-4H2,1H3. The predicted octanol–water partition coefficient (Wildman–Crippen LogP) is 2.75. The number of rotatable bonds is 3. The van der Waals surface area contributed by atoms with Gasteiger partial charge in [0, 0.05) is 6.54 Å². The maximum absolute atomic E-state index is 12.2. The van der Waals surface area contributed by atoms with Crippen molar-refractivity contribution < 1.29 is 13.2 Å². The van der Waals surface area contributed by atoms with Gasteiger partial charge in [0.2, 0.25) is 5.69 Å². The van der Waals surface area contributed by atoms with E-state index in [0.717, 1.165) is 17.5 Å². The molecule has 0 bridgehead atoms. The van der Waals surface area contributed by atoms with E-state index in [0.29, 0.717) is 6.54 Å². The number of unbranched alkanes of at least 4 members (excludes halogenated alkanes) is 1. The molecule has 7 heteroatoms. The summed E-state index contributed by atoms with van der Waals surface area (Å²) < 4.78 is 37.6. The molecule has 80 valence electrons. The van der Waals surface area contributed by atoms with Crippen LogP contribution < -0.4 is 0 Å². The Labute approximate surface area is 83.9 Å². The molecule has 0 spiro atoms. The molecule has 0 fully saturated rings. The number of alkyl halides is 3. The molecule has 3 nitrogen and oxygen atoms in total. The topological polar surface area (TPSA) is 30.7 Å². The molecule has 0 aliphatic carbocycles. The Morgan fingerprint density at radius 3 is 2.50 bits per heavy atom. The third-order valence-corrected chi connectivity index (χ3v) is 2.04. The number of aryl methyl sites for hydroxylation is 1. The van der Waals surface area contributed by atoms with Gasteiger partial charge in [0.05, 0.1) is 0 Å². The minimum absolute atomic E-state index is 0.360. The number of hydrogen-bond donors (Lipinski definition) is 0. The summed E-state index contributed by atoms with van der Waals surface area (Å²) in [7, 11) is 0. The maximum Gasteiger partial charge on any atom is 0.438 e. The Morgan fingerprint density at radius 2 is 2.07 bits per heavy atom. The van der Waals surface area contributed by atoms with Crippen LogP contribution in [0.15, 0.2) is 0 Å². The Bertz CT molecular complexity index is 308. The second kappa shape index (κ2) is 4.16. The van der Waals surface area contributed by atoms with Crippen molar-refractivity contribution >= 4 is 11.6 Å². The van der Waals surface area contributed by atoms with Gasteiger partial charge < -0.3 is 0 Å². The minimum atomic E-state index is -4.53. The van der Waals surface area contributed by atoms with Gasteiger partial charge in [-0.25, -0.2) is 4.68 Å². The molecule has 1 aromatic rings. The molecule has 0 N–H and O–H groups in total. The summed E-state index contributed by atoms with van der Waals surface area (Å²) in [4.78, 5) is 0. The van der Waals surface area contributed by atoms with Crippen LogP contribution in [0.4, 0.5) is 13.2 Å². The fourth-order valence-electron chi connectivity index (χ4n) is 0.926. The van der Waals surface area contributed by atoms with E-state index in [4.69, 9.17) is 11.6 Å². The summed E-state index contributed by atoms with van der Waals surface area (Å²) in [6.45, 7) is 2.29. The first-order valence-corrected chi connectivity index (χ1v) is 4.50. The van der Waals surface area contributed by atoms with E-state index in [1.165, 1.54) is 0 Å². The SMILES string of the molecule is CCCCn1nnc(C(F)(F)F)c1Cl. The van der Waals surface area contributed by atoms with Gasteiger partial charge in [0.1, 0.15) is 0 Å². The number of hydrogen-bond acceptors (Lipinski definition) is 2. The van der Waals surface area contributed by atoms with Crippen molar-refractivity contribution in [3.05, 3.63) is 10.8 Å². The molecule has 0 aromatic carbocycles. The number of nitrogens with zero attached hydrogens (tertiary/aromatic N) is 3. The van der Waals surface area contributed by atoms with Crippen molar-refractivity contribution in [3.8, 4) is 0 Å². The van der Waals surface area contributed by atoms with Gasteiger partial charge >= 0.3 is 6.18 Å². The van der Waals surface area contributed by atoms with Gasteiger partial charge in [0.25, 0.3) is 0 Å². The Balaban J connectivity index is 2.86. The summed E-state index contributed by atoms with van der Waals surface area (Å²) >= 11 is 5.46. The van der Waals surface area contributed by atoms with E-state index in [1.54, 1.807) is 0 Å². The molecule has 0 radical (unpaired) electrons. The summed E-state index contributed by atoms with van der Waals surface area (Å²) in [5.74, 6) is 0. The maximum atomic E-state index is 12.2. The Morgan fingerprint density at radius 1 is 1.43 bits per heavy atom. The smallest absolute Gasteiger partial charge is 0.233 e. The van der Waals surface area contributed by atoms with Crippen LogP contribution in [-0.2, 0) is 12.7 Å². The van der Waals surface area contributed by atoms with E-state index >= 15 is 0 Å². The van der Waals surface area contributed by atoms with Crippen molar-refractivity contribution in [3.63, 3.8) is 0 Å². The van der Waals surface area contributed by atoms with Gasteiger partial charge in [-0.05, 0) is 6.42 Å². The monoisotopic (exact) mass is 227 g/mol. The van der Waals surface area contributed by atoms with Crippen molar-refractivity contribution in [2.45, 2.75) is 32.5 Å². The molecule has 0 aliphatic rings. The first-order valence-electron chi connectivity index (χ1n) is 4.13. The summed E-state index contributed by atoms with van der Waals surface area (Å²) in [5, 5.41) is 5.89. The zero-order valence-corrected chi connectivity index (χ0v) is 8.23. The average Bonchev–Trinajstić information content (AvgIpc) is 2.42. The normalized spacial score (nSPS) is 12.1. The molecule has 0 unspecified atom stereocenters. The fraction of sp³-hybridized carbons (Fsp3) is 0.714. The van der Waals surface area contributed by atoms with Crippen molar-refractivity contribution in [1.29, 1.82) is 0 Å². The van der Waals surface area contributed by atoms with E-state index < -0.39 is 17.0 Å². The third-order valence-electron chi connectivity index (χ3n) is 1.67. The quantitative estimate of drug-likeness (QED) is 0.795. The fourth-order valence-corrected chi connectivity index (χ4v) is 1.19. The average molecular weight is 228 g/mol. The lowest BCUT2D eigenvalue weighted by molar-refractivity contribution is -0.141. The van der Waals surface area contributed by atoms with Gasteiger partial charge in [-0.1, -0.05) is 30.2 Å². The Kier molecular flexibility index (Phi) is 3.36. The second-order valence-electron chi connectivity index (χ2n) is 2.80. The predicted molar refractivity (Wildman–Crippen MR) is 44.9 cm³/mol. The van der Waals surface area contributed by atoms with Crippen LogP contribution in [0.1, 0.15) is 25.5 Å². The first-order chi connectivity index (χ1) is 6.46. The highest BCUT2D eigenvalue weighted by molar-refractivity contribution is 6.30. The van der Waals surface area contributed by atoms with E-state index in [2.05, 4.69) is 10.3 Å². The highest BCUT2D eigenvalue weighted by atomic mass is 35.5. The largest absolute Gasteiger partial charge is 0.438 e. The second-order valence-corrected chi connectivity index (χ2v) is 3.16. The van der Waals surface area contributed by atoms with Crippen LogP contribution in [0.5, 0.6) is 0 Å². The molecule has 0 atom stereocenters. The van der Waals surface area contributed by atoms with E-state index in [9.17, 15) is 13.2 Å². The van der Waals surface area contributed by atoms with Crippen LogP contribution in [-0.4, -0.2) is 15.0 Å². The molecule has 0 saturated heterocycles. The molecule has 14 heavy (non-hydrogen) atoms. The zero-order valence-electron chi connectivity index (χ0n) is 7.47. The highest BCUT2D eigenvalue weighted by Crippen LogP contribution is 2.32. The molecule has 0 saturated carbocycles. The first kappa shape index (κ1) is 11.3. The van der Waals surface area contributed by atoms with Crippen molar-refractivity contribution in [2.24, 2.45) is 0 Å². The van der Waals surface area contributed by atoms with Crippen LogP contribution >= 0.6 is 11.6 Å². The molecular formula is C7H9ClF3N3. The minimum Gasteiger partial charge on any atom is -0.233 e. The third kappa shape index (κ3) is 2.37. The van der Waals surface area contributed by atoms with Gasteiger partial charge in [0.15, 0.2) is 5.15 Å². The lowest BCUT2D eigenvalue weighted by Crippen LogP contribution is -2.07. The summed E-state index contributed by atoms with van der Waals surface area (Å²) in [6, 6.07) is 0. The van der Waals surface area contributed by atoms with E-state index in [1.807, 2.05) is 6.92 Å². The van der Waals surface area contributed by atoms with Gasteiger partial charge in [-0.15, -0.1) is 5.10 Å². The molecule has 1 aromatic heterocycles. The lowest BCUT2D eigenvalue weighted by atomic mass is 10.3. The molecule has 1 rings (SSSR count). The van der Waals surface area contributed by atoms with Gasteiger partial charge in [-0.3, -0.25) is 0 Å². The molecular weight excluding hydrogens is 219 g/mol. The number of aromatic nitrogens is 3. The Hall–Kier alpha value is -0.780. The molecule has 0 amide bonds. The molecule has 1 heterocycles. The van der Waals surface area contributed by atoms with Crippen LogP contribution in [0.2, 0.25) is 5.15 Å². The van der Waals surface area contributed by atoms with Crippen LogP contribution in [0, 0.1) is 0 Å². The summed E-state index contributed by atoms with van der Waals surface area (Å²) in [5.41, 5.74) is -1.12. The molecule has 0 aliphatic heterocycles. The van der Waals surface area contributed by atoms with Gasteiger partial charge in [-0.2, -0.15) is 13.2 Å². The zero-order chi connectivity index (χ0) is 10.8. The summed E-state index contributed by atoms with van der Waals surface area (Å²) in [6.07, 6.45) is -2.94. The van der Waals surface area contributed by atoms with Crippen LogP contribution in [0.3, 0.4) is 0 Å². The van der Waals surface area contributed by atoms with E-state index in [-0.39, 0.29) is 0 Å². The lowest BCUT2D eigenvalue weighted by Gasteiger charge is -2.02. The highest BCUT2D eigenvalue weighted by Gasteiger charge is 2.38. The van der Waals surface area contributed by atoms with Crippen molar-refractivity contribution in [1.82, 2.24) is 15.0 Å². The van der Waals surface area contributed by atoms with Crippen LogP contribution in [0.25, 0.3) is 0 Å². The van der Waals surface area contributed by atoms with Crippen molar-refractivity contribution in [2.75, 3.05) is 0 Å². The number of halogens is 4.